The molecule has 0 spiro atoms. The molecular formula is C8H8BrN3. The molecule has 0 aliphatic carbocycles. The molecule has 0 radical (unpaired) electrons. The van der Waals surface area contributed by atoms with Gasteiger partial charge in [-0.05, 0) is 11.6 Å². The van der Waals surface area contributed by atoms with Crippen LogP contribution in [0.1, 0.15) is 5.56 Å². The lowest BCUT2D eigenvalue weighted by Gasteiger charge is -1.99. The van der Waals surface area contributed by atoms with Crippen LogP contribution >= 0.6 is 15.9 Å². The van der Waals surface area contributed by atoms with Crippen LogP contribution in [-0.2, 0) is 6.54 Å². The Morgan fingerprint density at radius 1 is 1.50 bits per heavy atom. The molecule has 1 aromatic heterocycles. The number of hydrogen-bond donors (Lipinski definition) is 2. The number of hydrogen-bond acceptors (Lipinski definition) is 2. The molecule has 0 amide bonds. The van der Waals surface area contributed by atoms with E-state index in [0.29, 0.717) is 6.54 Å². The fraction of sp³-hybridized carbons (Fsp3) is 0.125. The highest BCUT2D eigenvalue weighted by Crippen LogP contribution is 2.24. The van der Waals surface area contributed by atoms with Crippen LogP contribution in [0.15, 0.2) is 22.8 Å². The second-order valence-corrected chi connectivity index (χ2v) is 3.42. The summed E-state index contributed by atoms with van der Waals surface area (Å²) in [5, 5.41) is 7.96. The van der Waals surface area contributed by atoms with Crippen LogP contribution in [0.4, 0.5) is 0 Å². The minimum absolute atomic E-state index is 0.534. The third-order valence-electron chi connectivity index (χ3n) is 1.87. The van der Waals surface area contributed by atoms with Gasteiger partial charge in [0.25, 0.3) is 0 Å². The Hall–Kier alpha value is -0.870. The van der Waals surface area contributed by atoms with E-state index in [1.54, 1.807) is 6.20 Å². The fourth-order valence-electron chi connectivity index (χ4n) is 1.23. The van der Waals surface area contributed by atoms with Crippen LogP contribution in [0.2, 0.25) is 0 Å². The van der Waals surface area contributed by atoms with Gasteiger partial charge in [0.05, 0.1) is 11.7 Å². The minimum atomic E-state index is 0.534. The number of aromatic nitrogens is 2. The first-order valence-electron chi connectivity index (χ1n) is 3.63. The highest BCUT2D eigenvalue weighted by atomic mass is 79.9. The summed E-state index contributed by atoms with van der Waals surface area (Å²) < 4.78 is 1.04. The smallest absolute Gasteiger partial charge is 0.0706 e. The van der Waals surface area contributed by atoms with Crippen LogP contribution in [-0.4, -0.2) is 10.2 Å². The molecule has 0 unspecified atom stereocenters. The van der Waals surface area contributed by atoms with Crippen molar-refractivity contribution in [1.29, 1.82) is 0 Å². The van der Waals surface area contributed by atoms with Gasteiger partial charge in [-0.3, -0.25) is 5.10 Å². The van der Waals surface area contributed by atoms with Crippen LogP contribution in [0.5, 0.6) is 0 Å². The van der Waals surface area contributed by atoms with Crippen LogP contribution in [0.25, 0.3) is 10.9 Å². The van der Waals surface area contributed by atoms with Crippen molar-refractivity contribution in [3.8, 4) is 0 Å². The molecule has 4 heteroatoms. The number of rotatable bonds is 1. The minimum Gasteiger partial charge on any atom is -0.326 e. The number of nitrogens with two attached hydrogens (primary N) is 1. The summed E-state index contributed by atoms with van der Waals surface area (Å²) in [6, 6.07) is 3.98. The Bertz CT molecular complexity index is 408. The number of nitrogens with zero attached hydrogens (tertiary/aromatic N) is 1. The summed E-state index contributed by atoms with van der Waals surface area (Å²) >= 11 is 3.44. The molecule has 3 N–H and O–H groups in total. The number of benzene rings is 1. The molecule has 12 heavy (non-hydrogen) atoms. The lowest BCUT2D eigenvalue weighted by atomic mass is 10.1. The van der Waals surface area contributed by atoms with E-state index in [4.69, 9.17) is 5.73 Å². The van der Waals surface area contributed by atoms with E-state index in [1.165, 1.54) is 0 Å². The summed E-state index contributed by atoms with van der Waals surface area (Å²) in [6.07, 6.45) is 1.79. The van der Waals surface area contributed by atoms with E-state index in [9.17, 15) is 0 Å². The van der Waals surface area contributed by atoms with E-state index < -0.39 is 0 Å². The molecule has 2 rings (SSSR count). The topological polar surface area (TPSA) is 54.7 Å². The van der Waals surface area contributed by atoms with Crippen LogP contribution in [0, 0.1) is 0 Å². The quantitative estimate of drug-likeness (QED) is 0.778. The molecule has 1 heterocycles. The van der Waals surface area contributed by atoms with Gasteiger partial charge in [0, 0.05) is 16.4 Å². The predicted molar refractivity (Wildman–Crippen MR) is 51.7 cm³/mol. The Balaban J connectivity index is 2.82. The monoisotopic (exact) mass is 225 g/mol. The number of H-pyrrole nitrogens is 1. The van der Waals surface area contributed by atoms with Crippen LogP contribution < -0.4 is 5.73 Å². The van der Waals surface area contributed by atoms with Crippen molar-refractivity contribution in [3.05, 3.63) is 28.4 Å². The van der Waals surface area contributed by atoms with E-state index in [-0.39, 0.29) is 0 Å². The fourth-order valence-corrected chi connectivity index (χ4v) is 1.66. The Morgan fingerprint density at radius 3 is 3.08 bits per heavy atom. The SMILES string of the molecule is NCc1ccc(Br)c2cn[nH]c12. The Labute approximate surface area is 78.1 Å². The molecule has 0 aliphatic rings. The van der Waals surface area contributed by atoms with Crippen molar-refractivity contribution in [3.63, 3.8) is 0 Å². The Kier molecular flexibility index (Phi) is 1.86. The second kappa shape index (κ2) is 2.88. The lowest BCUT2D eigenvalue weighted by Crippen LogP contribution is -1.96. The summed E-state index contributed by atoms with van der Waals surface area (Å²) in [6.45, 7) is 0.534. The lowest BCUT2D eigenvalue weighted by molar-refractivity contribution is 1.06. The number of nitrogens with one attached hydrogen (secondary N) is 1. The van der Waals surface area contributed by atoms with Gasteiger partial charge in [0.2, 0.25) is 0 Å². The van der Waals surface area contributed by atoms with E-state index in [0.717, 1.165) is 20.9 Å². The molecule has 0 saturated carbocycles. The molecule has 0 fully saturated rings. The van der Waals surface area contributed by atoms with Gasteiger partial charge in [-0.1, -0.05) is 22.0 Å². The number of fused-ring (bicyclic) bond motifs is 1. The average Bonchev–Trinajstić information content (AvgIpc) is 2.54. The molecule has 0 atom stereocenters. The number of halogens is 1. The summed E-state index contributed by atoms with van der Waals surface area (Å²) in [7, 11) is 0. The molecule has 3 nitrogen and oxygen atoms in total. The predicted octanol–water partition coefficient (Wildman–Crippen LogP) is 1.78. The normalized spacial score (nSPS) is 10.8. The molecule has 0 aliphatic heterocycles. The molecule has 0 saturated heterocycles. The third kappa shape index (κ3) is 1.04. The van der Waals surface area contributed by atoms with Crippen molar-refractivity contribution in [2.75, 3.05) is 0 Å². The van der Waals surface area contributed by atoms with Crippen molar-refractivity contribution in [1.82, 2.24) is 10.2 Å². The molecular weight excluding hydrogens is 218 g/mol. The zero-order valence-corrected chi connectivity index (χ0v) is 7.93. The molecule has 0 bridgehead atoms. The van der Waals surface area contributed by atoms with Gasteiger partial charge in [0.1, 0.15) is 0 Å². The van der Waals surface area contributed by atoms with Gasteiger partial charge in [-0.25, -0.2) is 0 Å². The largest absolute Gasteiger partial charge is 0.326 e. The standard InChI is InChI=1S/C8H8BrN3/c9-7-2-1-5(3-10)8-6(7)4-11-12-8/h1-2,4H,3,10H2,(H,11,12). The maximum absolute atomic E-state index is 5.56. The summed E-state index contributed by atoms with van der Waals surface area (Å²) in [4.78, 5) is 0. The zero-order valence-electron chi connectivity index (χ0n) is 6.34. The summed E-state index contributed by atoms with van der Waals surface area (Å²) in [5.41, 5.74) is 7.67. The van der Waals surface area contributed by atoms with E-state index in [2.05, 4.69) is 26.1 Å². The van der Waals surface area contributed by atoms with Crippen molar-refractivity contribution in [2.24, 2.45) is 5.73 Å². The molecule has 62 valence electrons. The van der Waals surface area contributed by atoms with Gasteiger partial charge < -0.3 is 5.73 Å². The zero-order chi connectivity index (χ0) is 8.55. The first-order valence-corrected chi connectivity index (χ1v) is 4.42. The Morgan fingerprint density at radius 2 is 2.33 bits per heavy atom. The maximum atomic E-state index is 5.56. The molecule has 2 aromatic rings. The van der Waals surface area contributed by atoms with Crippen LogP contribution in [0.3, 0.4) is 0 Å². The summed E-state index contributed by atoms with van der Waals surface area (Å²) in [5.74, 6) is 0. The first kappa shape index (κ1) is 7.76. The van der Waals surface area contributed by atoms with E-state index in [1.807, 2.05) is 12.1 Å². The van der Waals surface area contributed by atoms with Gasteiger partial charge in [-0.2, -0.15) is 5.10 Å². The van der Waals surface area contributed by atoms with E-state index >= 15 is 0 Å². The van der Waals surface area contributed by atoms with Gasteiger partial charge in [0.15, 0.2) is 0 Å². The van der Waals surface area contributed by atoms with Crippen molar-refractivity contribution < 1.29 is 0 Å². The highest BCUT2D eigenvalue weighted by molar-refractivity contribution is 9.10. The molecule has 1 aromatic carbocycles. The second-order valence-electron chi connectivity index (χ2n) is 2.57. The first-order chi connectivity index (χ1) is 5.83. The third-order valence-corrected chi connectivity index (χ3v) is 2.56. The van der Waals surface area contributed by atoms with Gasteiger partial charge >= 0.3 is 0 Å². The number of aromatic amines is 1. The average molecular weight is 226 g/mol. The highest BCUT2D eigenvalue weighted by Gasteiger charge is 2.03. The maximum Gasteiger partial charge on any atom is 0.0706 e. The van der Waals surface area contributed by atoms with Gasteiger partial charge in [-0.15, -0.1) is 0 Å². The van der Waals surface area contributed by atoms with Crippen molar-refractivity contribution >= 4 is 26.8 Å². The van der Waals surface area contributed by atoms with Crippen molar-refractivity contribution in [2.45, 2.75) is 6.54 Å².